The molecule has 0 amide bonds. The molecule has 7 heteroatoms. The highest BCUT2D eigenvalue weighted by Crippen LogP contribution is 2.50. The van der Waals surface area contributed by atoms with E-state index in [1.165, 1.54) is 17.2 Å². The Bertz CT molecular complexity index is 662. The fraction of sp³-hybridized carbons (Fsp3) is 0.870. The van der Waals surface area contributed by atoms with Crippen molar-refractivity contribution in [1.29, 1.82) is 0 Å². The Morgan fingerprint density at radius 3 is 2.47 bits per heavy atom. The summed E-state index contributed by atoms with van der Waals surface area (Å²) >= 11 is 0. The number of aliphatic hydroxyl groups is 1. The molecule has 172 valence electrons. The van der Waals surface area contributed by atoms with Crippen LogP contribution < -0.4 is 0 Å². The Morgan fingerprint density at radius 1 is 1.13 bits per heavy atom. The van der Waals surface area contributed by atoms with E-state index in [4.69, 9.17) is 0 Å². The molecule has 6 atom stereocenters. The van der Waals surface area contributed by atoms with Crippen LogP contribution in [0.4, 0.5) is 17.6 Å². The van der Waals surface area contributed by atoms with E-state index in [9.17, 15) is 27.5 Å². The van der Waals surface area contributed by atoms with E-state index in [1.54, 1.807) is 13.8 Å². The molecule has 0 aromatic rings. The van der Waals surface area contributed by atoms with Gasteiger partial charge in [-0.15, -0.1) is 0 Å². The van der Waals surface area contributed by atoms with Crippen LogP contribution in [0.2, 0.25) is 0 Å². The standard InChI is InChI=1S/C23H35F4NO2/c1-15-8-9-16(24)12-18(15)21(2,3)13-22(30,23(25,26)27)14-28-11-10-20(29)17-6-4-5-7-19(17)28/h10-11,15-19,30H,4-9,12-14H2,1-3H3. The lowest BCUT2D eigenvalue weighted by atomic mass is 9.62. The number of hydrogen-bond acceptors (Lipinski definition) is 3. The van der Waals surface area contributed by atoms with Crippen molar-refractivity contribution in [2.45, 2.75) is 96.1 Å². The van der Waals surface area contributed by atoms with Crippen LogP contribution >= 0.6 is 0 Å². The van der Waals surface area contributed by atoms with Crippen molar-refractivity contribution in [2.24, 2.45) is 23.2 Å². The normalized spacial score (nSPS) is 35.1. The minimum Gasteiger partial charge on any atom is -0.379 e. The maximum Gasteiger partial charge on any atom is 0.418 e. The Labute approximate surface area is 176 Å². The highest BCUT2D eigenvalue weighted by atomic mass is 19.4. The number of carbonyl (C=O) groups excluding carboxylic acids is 1. The van der Waals surface area contributed by atoms with Gasteiger partial charge in [-0.05, 0) is 61.9 Å². The van der Waals surface area contributed by atoms with Crippen molar-refractivity contribution in [3.8, 4) is 0 Å². The monoisotopic (exact) mass is 433 g/mol. The van der Waals surface area contributed by atoms with Crippen molar-refractivity contribution in [3.05, 3.63) is 12.3 Å². The minimum atomic E-state index is -4.82. The summed E-state index contributed by atoms with van der Waals surface area (Å²) in [5, 5.41) is 11.0. The van der Waals surface area contributed by atoms with Gasteiger partial charge in [0.15, 0.2) is 11.4 Å². The predicted molar refractivity (Wildman–Crippen MR) is 107 cm³/mol. The number of alkyl halides is 4. The maximum atomic E-state index is 14.2. The van der Waals surface area contributed by atoms with Gasteiger partial charge >= 0.3 is 6.18 Å². The number of ketones is 1. The van der Waals surface area contributed by atoms with Gasteiger partial charge in [-0.3, -0.25) is 4.79 Å². The largest absolute Gasteiger partial charge is 0.418 e. The lowest BCUT2D eigenvalue weighted by Crippen LogP contribution is -2.59. The maximum absolute atomic E-state index is 14.2. The van der Waals surface area contributed by atoms with Gasteiger partial charge in [0.1, 0.15) is 6.17 Å². The van der Waals surface area contributed by atoms with E-state index >= 15 is 0 Å². The summed E-state index contributed by atoms with van der Waals surface area (Å²) in [5.41, 5.74) is -3.80. The average molecular weight is 434 g/mol. The highest BCUT2D eigenvalue weighted by Gasteiger charge is 2.58. The first kappa shape index (κ1) is 23.6. The number of hydrogen-bond donors (Lipinski definition) is 1. The van der Waals surface area contributed by atoms with Crippen LogP contribution in [0.1, 0.15) is 72.1 Å². The van der Waals surface area contributed by atoms with Gasteiger partial charge in [0.2, 0.25) is 0 Å². The SMILES string of the molecule is CC1CCC(F)CC1C(C)(C)CC(O)(CN1C=CC(=O)C2CCCCC21)C(F)(F)F. The summed E-state index contributed by atoms with van der Waals surface area (Å²) in [4.78, 5) is 13.7. The van der Waals surface area contributed by atoms with E-state index in [0.717, 1.165) is 12.8 Å². The van der Waals surface area contributed by atoms with E-state index in [0.29, 0.717) is 25.7 Å². The fourth-order valence-electron chi connectivity index (χ4n) is 6.21. The van der Waals surface area contributed by atoms with Crippen molar-refractivity contribution >= 4 is 5.78 Å². The molecule has 2 saturated carbocycles. The smallest absolute Gasteiger partial charge is 0.379 e. The molecule has 2 aliphatic carbocycles. The van der Waals surface area contributed by atoms with E-state index in [2.05, 4.69) is 0 Å². The van der Waals surface area contributed by atoms with Gasteiger partial charge in [0, 0.05) is 18.2 Å². The lowest BCUT2D eigenvalue weighted by Gasteiger charge is -2.49. The number of halogens is 4. The molecule has 3 aliphatic rings. The number of β-amino-alcohol motifs (C(OH)–C–C–N with tert-alkyl or cyclic N) is 1. The summed E-state index contributed by atoms with van der Waals surface area (Å²) in [6.07, 6.45) is 0.921. The zero-order valence-electron chi connectivity index (χ0n) is 18.2. The number of fused-ring (bicyclic) bond motifs is 1. The van der Waals surface area contributed by atoms with Gasteiger partial charge < -0.3 is 10.0 Å². The molecule has 0 spiro atoms. The molecule has 0 aromatic carbocycles. The van der Waals surface area contributed by atoms with Crippen molar-refractivity contribution < 1.29 is 27.5 Å². The van der Waals surface area contributed by atoms with E-state index in [-0.39, 0.29) is 36.0 Å². The second-order valence-corrected chi connectivity index (χ2v) is 10.5. The molecule has 30 heavy (non-hydrogen) atoms. The first-order valence-electron chi connectivity index (χ1n) is 11.2. The van der Waals surface area contributed by atoms with Crippen molar-refractivity contribution in [1.82, 2.24) is 4.90 Å². The number of rotatable bonds is 5. The van der Waals surface area contributed by atoms with Gasteiger partial charge in [-0.1, -0.05) is 33.6 Å². The van der Waals surface area contributed by atoms with Gasteiger partial charge in [0.25, 0.3) is 0 Å². The molecule has 2 fully saturated rings. The number of allylic oxidation sites excluding steroid dienone is 1. The number of carbonyl (C=O) groups is 1. The second-order valence-electron chi connectivity index (χ2n) is 10.5. The summed E-state index contributed by atoms with van der Waals surface area (Å²) in [6.45, 7) is 4.82. The van der Waals surface area contributed by atoms with Crippen molar-refractivity contribution in [2.75, 3.05) is 6.54 Å². The molecule has 3 rings (SSSR count). The summed E-state index contributed by atoms with van der Waals surface area (Å²) in [5.74, 6) is -0.438. The van der Waals surface area contributed by atoms with Crippen LogP contribution in [0.3, 0.4) is 0 Å². The van der Waals surface area contributed by atoms with Crippen molar-refractivity contribution in [3.63, 3.8) is 0 Å². The van der Waals surface area contributed by atoms with Crippen LogP contribution in [0.25, 0.3) is 0 Å². The van der Waals surface area contributed by atoms with Crippen LogP contribution in [0, 0.1) is 23.2 Å². The molecule has 0 saturated heterocycles. The molecular formula is C23H35F4NO2. The van der Waals surface area contributed by atoms with Crippen LogP contribution in [0.15, 0.2) is 12.3 Å². The molecule has 6 unspecified atom stereocenters. The lowest BCUT2D eigenvalue weighted by molar-refractivity contribution is -0.277. The Balaban J connectivity index is 1.84. The first-order chi connectivity index (χ1) is 13.8. The third-order valence-electron chi connectivity index (χ3n) is 7.81. The fourth-order valence-corrected chi connectivity index (χ4v) is 6.21. The molecular weight excluding hydrogens is 398 g/mol. The Kier molecular flexibility index (Phi) is 6.62. The third-order valence-corrected chi connectivity index (χ3v) is 7.81. The van der Waals surface area contributed by atoms with Crippen LogP contribution in [-0.4, -0.2) is 46.3 Å². The van der Waals surface area contributed by atoms with Gasteiger partial charge in [-0.25, -0.2) is 4.39 Å². The Morgan fingerprint density at radius 2 is 1.80 bits per heavy atom. The highest BCUT2D eigenvalue weighted by molar-refractivity contribution is 5.93. The van der Waals surface area contributed by atoms with E-state index in [1.807, 2.05) is 6.92 Å². The van der Waals surface area contributed by atoms with E-state index < -0.39 is 36.3 Å². The first-order valence-corrected chi connectivity index (χ1v) is 11.2. The molecule has 1 heterocycles. The molecule has 1 N–H and O–H groups in total. The Hall–Kier alpha value is -1.11. The summed E-state index contributed by atoms with van der Waals surface area (Å²) in [6, 6.07) is -0.294. The average Bonchev–Trinajstić information content (AvgIpc) is 2.65. The van der Waals surface area contributed by atoms with Crippen LogP contribution in [-0.2, 0) is 4.79 Å². The zero-order valence-corrected chi connectivity index (χ0v) is 18.2. The zero-order chi connectivity index (χ0) is 22.3. The quantitative estimate of drug-likeness (QED) is 0.588. The topological polar surface area (TPSA) is 40.5 Å². The van der Waals surface area contributed by atoms with Gasteiger partial charge in [0.05, 0.1) is 6.54 Å². The third kappa shape index (κ3) is 4.71. The predicted octanol–water partition coefficient (Wildman–Crippen LogP) is 5.43. The molecule has 0 bridgehead atoms. The molecule has 1 aliphatic heterocycles. The summed E-state index contributed by atoms with van der Waals surface area (Å²) < 4.78 is 56.6. The molecule has 0 aromatic heterocycles. The summed E-state index contributed by atoms with van der Waals surface area (Å²) in [7, 11) is 0. The molecule has 0 radical (unpaired) electrons. The number of nitrogens with zero attached hydrogens (tertiary/aromatic N) is 1. The molecule has 3 nitrogen and oxygen atoms in total. The van der Waals surface area contributed by atoms with Crippen LogP contribution in [0.5, 0.6) is 0 Å². The van der Waals surface area contributed by atoms with Gasteiger partial charge in [-0.2, -0.15) is 13.2 Å². The second kappa shape index (κ2) is 8.44. The minimum absolute atomic E-state index is 0.0307.